The fourth-order valence-corrected chi connectivity index (χ4v) is 2.54. The van der Waals surface area contributed by atoms with Crippen molar-refractivity contribution in [2.45, 2.75) is 37.4 Å². The fourth-order valence-electron chi connectivity index (χ4n) is 2.54. The molecule has 2 aromatic rings. The third-order valence-electron chi connectivity index (χ3n) is 3.67. The van der Waals surface area contributed by atoms with Crippen LogP contribution in [0.25, 0.3) is 11.2 Å². The molecular formula is C12H16N6O4. The quantitative estimate of drug-likeness (QED) is 0.519. The number of aromatic nitrogens is 4. The van der Waals surface area contributed by atoms with Crippen LogP contribution in [0.1, 0.15) is 19.1 Å². The Hall–Kier alpha value is -2.30. The van der Waals surface area contributed by atoms with Crippen molar-refractivity contribution in [3.8, 4) is 0 Å². The molecule has 0 spiro atoms. The van der Waals surface area contributed by atoms with Gasteiger partial charge >= 0.3 is 0 Å². The van der Waals surface area contributed by atoms with Crippen LogP contribution in [-0.4, -0.2) is 54.0 Å². The first-order chi connectivity index (χ1) is 10.5. The van der Waals surface area contributed by atoms with Gasteiger partial charge in [0.1, 0.15) is 24.1 Å². The summed E-state index contributed by atoms with van der Waals surface area (Å²) in [6.45, 7) is 0. The second-order valence-electron chi connectivity index (χ2n) is 5.13. The average molecular weight is 308 g/mol. The minimum Gasteiger partial charge on any atom is -0.388 e. The van der Waals surface area contributed by atoms with E-state index in [0.29, 0.717) is 11.2 Å². The predicted molar refractivity (Wildman–Crippen MR) is 74.1 cm³/mol. The second kappa shape index (κ2) is 5.48. The van der Waals surface area contributed by atoms with E-state index in [4.69, 9.17) is 16.2 Å². The van der Waals surface area contributed by atoms with Crippen molar-refractivity contribution in [1.82, 2.24) is 19.5 Å². The van der Waals surface area contributed by atoms with Crippen molar-refractivity contribution >= 4 is 22.9 Å². The summed E-state index contributed by atoms with van der Waals surface area (Å²) in [4.78, 5) is 22.8. The molecule has 0 aliphatic carbocycles. The molecular weight excluding hydrogens is 292 g/mol. The monoisotopic (exact) mass is 308 g/mol. The van der Waals surface area contributed by atoms with Crippen molar-refractivity contribution in [2.24, 2.45) is 5.73 Å². The molecule has 1 aliphatic heterocycles. The number of imidazole rings is 1. The number of ether oxygens (including phenoxy) is 1. The van der Waals surface area contributed by atoms with Gasteiger partial charge in [-0.3, -0.25) is 9.36 Å². The first kappa shape index (κ1) is 14.6. The van der Waals surface area contributed by atoms with Gasteiger partial charge in [0.05, 0.1) is 12.4 Å². The van der Waals surface area contributed by atoms with E-state index < -0.39 is 30.4 Å². The van der Waals surface area contributed by atoms with Crippen LogP contribution in [-0.2, 0) is 9.53 Å². The molecule has 1 fully saturated rings. The molecule has 0 bridgehead atoms. The van der Waals surface area contributed by atoms with Crippen LogP contribution in [0.3, 0.4) is 0 Å². The highest BCUT2D eigenvalue weighted by atomic mass is 16.6. The molecule has 4 atom stereocenters. The maximum atomic E-state index is 10.8. The molecule has 1 aliphatic rings. The smallest absolute Gasteiger partial charge is 0.217 e. The zero-order chi connectivity index (χ0) is 15.9. The molecule has 1 saturated heterocycles. The Bertz CT molecular complexity index is 704. The van der Waals surface area contributed by atoms with Crippen LogP contribution in [0.5, 0.6) is 0 Å². The highest BCUT2D eigenvalue weighted by Crippen LogP contribution is 2.33. The number of aliphatic hydroxyl groups excluding tert-OH is 2. The number of carbonyl (C=O) groups is 1. The number of rotatable bonds is 4. The van der Waals surface area contributed by atoms with Crippen LogP contribution >= 0.6 is 0 Å². The van der Waals surface area contributed by atoms with Gasteiger partial charge in [0, 0.05) is 6.42 Å². The van der Waals surface area contributed by atoms with Gasteiger partial charge in [-0.1, -0.05) is 0 Å². The van der Waals surface area contributed by atoms with Gasteiger partial charge in [-0.2, -0.15) is 0 Å². The average Bonchev–Trinajstić information content (AvgIpc) is 3.01. The zero-order valence-corrected chi connectivity index (χ0v) is 11.5. The third kappa shape index (κ3) is 2.36. The zero-order valence-electron chi connectivity index (χ0n) is 11.5. The molecule has 118 valence electrons. The van der Waals surface area contributed by atoms with Gasteiger partial charge in [0.15, 0.2) is 17.7 Å². The summed E-state index contributed by atoms with van der Waals surface area (Å²) < 4.78 is 7.12. The number of aliphatic hydroxyl groups is 2. The van der Waals surface area contributed by atoms with Gasteiger partial charge in [-0.15, -0.1) is 0 Å². The molecule has 0 radical (unpaired) electrons. The molecule has 3 heterocycles. The van der Waals surface area contributed by atoms with Gasteiger partial charge in [-0.25, -0.2) is 15.0 Å². The maximum Gasteiger partial charge on any atom is 0.217 e. The number of carbonyl (C=O) groups excluding carboxylic acids is 1. The van der Waals surface area contributed by atoms with E-state index >= 15 is 0 Å². The lowest BCUT2D eigenvalue weighted by Gasteiger charge is -2.16. The van der Waals surface area contributed by atoms with Crippen LogP contribution in [0, 0.1) is 0 Å². The number of fused-ring (bicyclic) bond motifs is 1. The first-order valence-corrected chi connectivity index (χ1v) is 6.72. The lowest BCUT2D eigenvalue weighted by atomic mass is 10.1. The number of primary amides is 1. The number of amides is 1. The van der Waals surface area contributed by atoms with Crippen molar-refractivity contribution in [1.29, 1.82) is 0 Å². The topological polar surface area (TPSA) is 162 Å². The third-order valence-corrected chi connectivity index (χ3v) is 3.67. The van der Waals surface area contributed by atoms with E-state index in [1.165, 1.54) is 17.2 Å². The van der Waals surface area contributed by atoms with Crippen LogP contribution < -0.4 is 11.5 Å². The van der Waals surface area contributed by atoms with E-state index in [-0.39, 0.29) is 18.7 Å². The Morgan fingerprint density at radius 1 is 1.32 bits per heavy atom. The van der Waals surface area contributed by atoms with Gasteiger partial charge in [-0.05, 0) is 6.42 Å². The fraction of sp³-hybridized carbons (Fsp3) is 0.500. The van der Waals surface area contributed by atoms with E-state index in [1.54, 1.807) is 0 Å². The summed E-state index contributed by atoms with van der Waals surface area (Å²) in [6.07, 6.45) is -0.955. The van der Waals surface area contributed by atoms with Gasteiger partial charge < -0.3 is 26.4 Å². The highest BCUT2D eigenvalue weighted by molar-refractivity contribution is 5.81. The Labute approximate surface area is 124 Å². The molecule has 0 saturated carbocycles. The first-order valence-electron chi connectivity index (χ1n) is 6.72. The number of nitrogens with zero attached hydrogens (tertiary/aromatic N) is 4. The van der Waals surface area contributed by atoms with Crippen LogP contribution in [0.4, 0.5) is 5.82 Å². The number of nitrogen functional groups attached to an aromatic ring is 1. The van der Waals surface area contributed by atoms with E-state index in [9.17, 15) is 15.0 Å². The highest BCUT2D eigenvalue weighted by Gasteiger charge is 2.44. The van der Waals surface area contributed by atoms with Crippen molar-refractivity contribution in [3.63, 3.8) is 0 Å². The summed E-state index contributed by atoms with van der Waals surface area (Å²) in [5.41, 5.74) is 11.6. The summed E-state index contributed by atoms with van der Waals surface area (Å²) in [6, 6.07) is 0. The molecule has 0 aromatic carbocycles. The van der Waals surface area contributed by atoms with E-state index in [1.807, 2.05) is 0 Å². The summed E-state index contributed by atoms with van der Waals surface area (Å²) in [5.74, 6) is -0.288. The van der Waals surface area contributed by atoms with Crippen LogP contribution in [0.2, 0.25) is 0 Å². The lowest BCUT2D eigenvalue weighted by Crippen LogP contribution is -2.32. The standard InChI is InChI=1S/C12H16N6O4/c13-6(19)2-1-5-8(20)9(21)12(22-5)18-4-17-7-10(14)15-3-16-11(7)18/h3-5,8-9,12,20-21H,1-2H2,(H2,13,19)(H2,14,15,16)/t5-,8?,9?,12-/m1/s1. The second-order valence-corrected chi connectivity index (χ2v) is 5.13. The van der Waals surface area contributed by atoms with Gasteiger partial charge in [0.2, 0.25) is 5.91 Å². The van der Waals surface area contributed by atoms with Crippen molar-refractivity contribution in [2.75, 3.05) is 5.73 Å². The largest absolute Gasteiger partial charge is 0.388 e. The molecule has 3 rings (SSSR count). The Morgan fingerprint density at radius 3 is 2.82 bits per heavy atom. The number of nitrogens with two attached hydrogens (primary N) is 2. The number of hydrogen-bond acceptors (Lipinski definition) is 8. The number of hydrogen-bond donors (Lipinski definition) is 4. The lowest BCUT2D eigenvalue weighted by molar-refractivity contribution is -0.119. The number of anilines is 1. The molecule has 1 amide bonds. The van der Waals surface area contributed by atoms with Crippen molar-refractivity contribution in [3.05, 3.63) is 12.7 Å². The normalized spacial score (nSPS) is 28.3. The predicted octanol–water partition coefficient (Wildman–Crippen LogP) is -1.71. The molecule has 2 aromatic heterocycles. The molecule has 10 nitrogen and oxygen atoms in total. The van der Waals surface area contributed by atoms with E-state index in [0.717, 1.165) is 0 Å². The van der Waals surface area contributed by atoms with E-state index in [2.05, 4.69) is 15.0 Å². The molecule has 6 N–H and O–H groups in total. The molecule has 2 unspecified atom stereocenters. The molecule has 22 heavy (non-hydrogen) atoms. The summed E-state index contributed by atoms with van der Waals surface area (Å²) in [5, 5.41) is 20.2. The minimum atomic E-state index is -1.19. The SMILES string of the molecule is NC(=O)CC[C@H]1O[C@@H](n2cnc3c(N)ncnc32)C(O)C1O. The Kier molecular flexibility index (Phi) is 3.64. The Morgan fingerprint density at radius 2 is 2.09 bits per heavy atom. The minimum absolute atomic E-state index is 0.0565. The summed E-state index contributed by atoms with van der Waals surface area (Å²) in [7, 11) is 0. The van der Waals surface area contributed by atoms with Crippen LogP contribution in [0.15, 0.2) is 12.7 Å². The summed E-state index contributed by atoms with van der Waals surface area (Å²) >= 11 is 0. The van der Waals surface area contributed by atoms with Gasteiger partial charge in [0.25, 0.3) is 0 Å². The van der Waals surface area contributed by atoms with Crippen molar-refractivity contribution < 1.29 is 19.7 Å². The maximum absolute atomic E-state index is 10.8. The Balaban J connectivity index is 1.87. The molecule has 10 heteroatoms.